The quantitative estimate of drug-likeness (QED) is 0.162. The molecular formula is C43H28N5OPt-3. The molecule has 3 aromatic heterocycles. The fraction of sp³-hybridized carbons (Fsp3) is 0.0233. The van der Waals surface area contributed by atoms with Crippen LogP contribution < -0.4 is 14.5 Å². The molecule has 0 N–H and O–H groups in total. The zero-order chi connectivity index (χ0) is 35.0. The average Bonchev–Trinajstić information content (AvgIpc) is 3.83. The number of aromatic nitrogens is 3. The van der Waals surface area contributed by atoms with Gasteiger partial charge in [-0.05, 0) is 48.8 Å². The predicted molar refractivity (Wildman–Crippen MR) is 198 cm³/mol. The number of benzene rings is 6. The number of pyridine rings is 1. The first-order valence-electron chi connectivity index (χ1n) is 17.6. The molecule has 0 saturated carbocycles. The van der Waals surface area contributed by atoms with Gasteiger partial charge in [-0.15, -0.1) is 41.4 Å². The van der Waals surface area contributed by atoms with E-state index in [4.69, 9.17) is 13.8 Å². The second kappa shape index (κ2) is 11.9. The van der Waals surface area contributed by atoms with Crippen LogP contribution in [0, 0.1) is 18.8 Å². The van der Waals surface area contributed by atoms with E-state index >= 15 is 0 Å². The summed E-state index contributed by atoms with van der Waals surface area (Å²) in [5.41, 5.74) is 7.10. The second-order valence-electron chi connectivity index (χ2n) is 12.0. The van der Waals surface area contributed by atoms with Crippen LogP contribution in [0.5, 0.6) is 11.5 Å². The van der Waals surface area contributed by atoms with Crippen molar-refractivity contribution in [3.63, 3.8) is 0 Å². The van der Waals surface area contributed by atoms with Crippen LogP contribution in [0.3, 0.4) is 0 Å². The first-order chi connectivity index (χ1) is 25.4. The van der Waals surface area contributed by atoms with E-state index < -0.39 is 6.98 Å². The fourth-order valence-corrected chi connectivity index (χ4v) is 7.06. The van der Waals surface area contributed by atoms with Crippen LogP contribution in [0.4, 0.5) is 17.1 Å². The van der Waals surface area contributed by atoms with E-state index in [1.54, 1.807) is 12.7 Å². The zero-order valence-electron chi connectivity index (χ0n) is 29.4. The zero-order valence-corrected chi connectivity index (χ0v) is 28.7. The standard InChI is InChI=1S/C43H28N5O.Pt/c1-45-28-46(40-21-10-9-20-39(40)45)30-14-11-15-31(24-30)49-32-22-23-35-33-16-5-8-19-38(33)48(41(35)25-32)43-26-42-36(27-44-43)34-17-6-7-18-37(34)47(42)29-12-3-2-4-13-29;/h2-23,26-28H,1H3;/q-3;/i1D3;. The molecule has 0 amide bonds. The Hall–Kier alpha value is -5.84. The van der Waals surface area contributed by atoms with E-state index in [2.05, 4.69) is 94.1 Å². The molecule has 0 fully saturated rings. The topological polar surface area (TPSA) is 38.5 Å². The Balaban J connectivity index is 0.00000372. The molecule has 0 unspecified atom stereocenters. The van der Waals surface area contributed by atoms with Crippen LogP contribution in [-0.2, 0) is 21.1 Å². The van der Waals surface area contributed by atoms with Gasteiger partial charge in [0.1, 0.15) is 5.82 Å². The summed E-state index contributed by atoms with van der Waals surface area (Å²) in [6.07, 6.45) is 1.97. The summed E-state index contributed by atoms with van der Waals surface area (Å²) in [5.74, 6) is 1.75. The van der Waals surface area contributed by atoms with E-state index in [1.165, 1.54) is 4.90 Å². The Bertz CT molecular complexity index is 2830. The second-order valence-corrected chi connectivity index (χ2v) is 12.0. The molecule has 0 spiro atoms. The number of anilines is 3. The van der Waals surface area contributed by atoms with E-state index in [1.807, 2.05) is 71.8 Å². The molecule has 1 aliphatic heterocycles. The first kappa shape index (κ1) is 27.0. The monoisotopic (exact) mass is 828 g/mol. The van der Waals surface area contributed by atoms with Gasteiger partial charge >= 0.3 is 0 Å². The van der Waals surface area contributed by atoms with Gasteiger partial charge in [-0.25, -0.2) is 4.98 Å². The smallest absolute Gasteiger partial charge is 0.137 e. The van der Waals surface area contributed by atoms with Crippen LogP contribution in [0.2, 0.25) is 0 Å². The number of rotatable bonds is 5. The molecular weight excluding hydrogens is 798 g/mol. The molecule has 6 nitrogen and oxygen atoms in total. The number of para-hydroxylation sites is 5. The average molecular weight is 829 g/mol. The van der Waals surface area contributed by atoms with Gasteiger partial charge in [-0.1, -0.05) is 72.2 Å². The van der Waals surface area contributed by atoms with E-state index in [0.29, 0.717) is 22.9 Å². The summed E-state index contributed by atoms with van der Waals surface area (Å²) >= 11 is 0. The summed E-state index contributed by atoms with van der Waals surface area (Å²) in [6.45, 7) is -0.746. The van der Waals surface area contributed by atoms with Crippen molar-refractivity contribution in [3.8, 4) is 23.0 Å². The van der Waals surface area contributed by atoms with E-state index in [9.17, 15) is 0 Å². The third kappa shape index (κ3) is 4.71. The molecule has 50 heavy (non-hydrogen) atoms. The largest absolute Gasteiger partial charge is 0.509 e. The minimum absolute atomic E-state index is 0. The Kier molecular flexibility index (Phi) is 6.45. The molecule has 7 heteroatoms. The number of hydrogen-bond donors (Lipinski definition) is 0. The van der Waals surface area contributed by atoms with Gasteiger partial charge in [-0.2, -0.15) is 18.8 Å². The van der Waals surface area contributed by atoms with Crippen LogP contribution in [0.1, 0.15) is 4.11 Å². The maximum absolute atomic E-state index is 8.06. The Labute approximate surface area is 307 Å². The molecule has 0 saturated heterocycles. The predicted octanol–water partition coefficient (Wildman–Crippen LogP) is 10.4. The summed E-state index contributed by atoms with van der Waals surface area (Å²) < 4.78 is 35.0. The molecule has 9 aromatic rings. The van der Waals surface area contributed by atoms with Crippen LogP contribution in [0.25, 0.3) is 55.1 Å². The van der Waals surface area contributed by atoms with Gasteiger partial charge in [0.05, 0.1) is 11.0 Å². The molecule has 0 radical (unpaired) electrons. The van der Waals surface area contributed by atoms with Crippen molar-refractivity contribution in [1.82, 2.24) is 14.1 Å². The van der Waals surface area contributed by atoms with Gasteiger partial charge in [0, 0.05) is 82.3 Å². The molecule has 10 rings (SSSR count). The molecule has 6 aromatic carbocycles. The molecule has 0 atom stereocenters. The van der Waals surface area contributed by atoms with Crippen molar-refractivity contribution in [2.24, 2.45) is 0 Å². The minimum Gasteiger partial charge on any atom is -0.509 e. The van der Waals surface area contributed by atoms with Crippen molar-refractivity contribution in [3.05, 3.63) is 165 Å². The Morgan fingerprint density at radius 2 is 1.32 bits per heavy atom. The van der Waals surface area contributed by atoms with Gasteiger partial charge < -0.3 is 23.7 Å². The maximum atomic E-state index is 8.06. The normalized spacial score (nSPS) is 13.7. The minimum atomic E-state index is -2.33. The summed E-state index contributed by atoms with van der Waals surface area (Å²) in [4.78, 5) is 8.16. The van der Waals surface area contributed by atoms with Gasteiger partial charge in [-0.3, -0.25) is 0 Å². The SMILES string of the molecule is [2H]C([2H])([2H])N1[CH-]N(c2[c-]c(Oc3[c-]c4c(cc3)c3ccccc3n4-c3cc4c(cn3)c3ccccc3n4-c3ccccc3)ccc2)c2ccccc21.[Pt]. The number of hydrogen-bond acceptors (Lipinski definition) is 4. The number of ether oxygens (including phenoxy) is 1. The molecule has 0 aliphatic carbocycles. The van der Waals surface area contributed by atoms with E-state index in [0.717, 1.165) is 60.8 Å². The van der Waals surface area contributed by atoms with Crippen molar-refractivity contribution in [2.75, 3.05) is 16.8 Å². The van der Waals surface area contributed by atoms with Crippen LogP contribution in [-0.4, -0.2) is 21.1 Å². The van der Waals surface area contributed by atoms with Gasteiger partial charge in [0.2, 0.25) is 0 Å². The number of nitrogens with zero attached hydrogens (tertiary/aromatic N) is 5. The number of fused-ring (bicyclic) bond motifs is 7. The Morgan fingerprint density at radius 3 is 2.14 bits per heavy atom. The molecule has 1 aliphatic rings. The molecule has 244 valence electrons. The summed E-state index contributed by atoms with van der Waals surface area (Å²) in [5, 5.41) is 4.33. The summed E-state index contributed by atoms with van der Waals surface area (Å²) in [6, 6.07) is 53.1. The molecule has 0 bridgehead atoms. The summed E-state index contributed by atoms with van der Waals surface area (Å²) in [7, 11) is 0. The molecule has 4 heterocycles. The Morgan fingerprint density at radius 1 is 0.620 bits per heavy atom. The van der Waals surface area contributed by atoms with Crippen molar-refractivity contribution in [2.45, 2.75) is 0 Å². The van der Waals surface area contributed by atoms with Crippen molar-refractivity contribution in [1.29, 1.82) is 0 Å². The van der Waals surface area contributed by atoms with Crippen molar-refractivity contribution < 1.29 is 29.9 Å². The first-order valence-corrected chi connectivity index (χ1v) is 16.1. The van der Waals surface area contributed by atoms with Crippen LogP contribution >= 0.6 is 0 Å². The van der Waals surface area contributed by atoms with Crippen LogP contribution in [0.15, 0.2) is 146 Å². The van der Waals surface area contributed by atoms with Crippen molar-refractivity contribution >= 4 is 60.7 Å². The van der Waals surface area contributed by atoms with E-state index in [-0.39, 0.29) is 21.1 Å². The maximum Gasteiger partial charge on any atom is 0.137 e. The third-order valence-corrected chi connectivity index (χ3v) is 9.21. The third-order valence-electron chi connectivity index (χ3n) is 9.21. The van der Waals surface area contributed by atoms with Gasteiger partial charge in [0.15, 0.2) is 0 Å². The fourth-order valence-electron chi connectivity index (χ4n) is 7.06. The van der Waals surface area contributed by atoms with Gasteiger partial charge in [0.25, 0.3) is 0 Å².